The van der Waals surface area contributed by atoms with Crippen LogP contribution in [0.2, 0.25) is 0 Å². The molecular formula is C5H4F8O5S. The summed E-state index contributed by atoms with van der Waals surface area (Å²) in [6.07, 6.45) is -13.0. The first-order valence-corrected chi connectivity index (χ1v) is 5.25. The SMILES string of the molecule is O=S(=O)(O)C(F)(F)C(F)(F)OC(F)(CO)C(F)(F)F. The molecule has 0 aliphatic heterocycles. The molecule has 5 nitrogen and oxygen atoms in total. The topological polar surface area (TPSA) is 83.8 Å². The molecule has 0 saturated carbocycles. The van der Waals surface area contributed by atoms with E-state index < -0.39 is 40.1 Å². The van der Waals surface area contributed by atoms with E-state index in [0.29, 0.717) is 0 Å². The molecule has 116 valence electrons. The predicted molar refractivity (Wildman–Crippen MR) is 39.5 cm³/mol. The maximum Gasteiger partial charge on any atom is 0.460 e. The standard InChI is InChI=1S/C5H4F8O5S/c6-2(1-14,3(7,8)9)18-4(10,11)5(12,13)19(15,16)17/h14H,1H2,(H,15,16,17). The lowest BCUT2D eigenvalue weighted by Gasteiger charge is -2.32. The van der Waals surface area contributed by atoms with Crippen LogP contribution >= 0.6 is 0 Å². The van der Waals surface area contributed by atoms with Crippen LogP contribution in [0.3, 0.4) is 0 Å². The number of rotatable bonds is 5. The van der Waals surface area contributed by atoms with Gasteiger partial charge in [-0.1, -0.05) is 0 Å². The van der Waals surface area contributed by atoms with Crippen molar-refractivity contribution in [1.82, 2.24) is 0 Å². The monoisotopic (exact) mass is 328 g/mol. The molecule has 0 aromatic rings. The van der Waals surface area contributed by atoms with Crippen LogP contribution in [-0.2, 0) is 14.9 Å². The molecule has 1 unspecified atom stereocenters. The second-order valence-corrected chi connectivity index (χ2v) is 4.46. The molecule has 19 heavy (non-hydrogen) atoms. The van der Waals surface area contributed by atoms with Gasteiger partial charge in [0.05, 0.1) is 0 Å². The molecule has 0 aromatic heterocycles. The first kappa shape index (κ1) is 18.3. The molecule has 0 spiro atoms. The quantitative estimate of drug-likeness (QED) is 0.587. The minimum atomic E-state index is -6.91. The minimum absolute atomic E-state index is 2.07. The second kappa shape index (κ2) is 4.68. The highest BCUT2D eigenvalue weighted by molar-refractivity contribution is 7.86. The lowest BCUT2D eigenvalue weighted by molar-refractivity contribution is -0.443. The molecular weight excluding hydrogens is 324 g/mol. The van der Waals surface area contributed by atoms with E-state index in [9.17, 15) is 43.5 Å². The van der Waals surface area contributed by atoms with Crippen LogP contribution in [0.4, 0.5) is 35.1 Å². The Hall–Kier alpha value is -0.730. The van der Waals surface area contributed by atoms with Crippen molar-refractivity contribution < 1.29 is 57.9 Å². The Bertz CT molecular complexity index is 429. The first-order chi connectivity index (χ1) is 8.02. The molecule has 0 amide bonds. The summed E-state index contributed by atoms with van der Waals surface area (Å²) in [6, 6.07) is 0. The Morgan fingerprint density at radius 2 is 1.32 bits per heavy atom. The van der Waals surface area contributed by atoms with Crippen LogP contribution in [0.5, 0.6) is 0 Å². The average Bonchev–Trinajstić information content (AvgIpc) is 2.12. The molecule has 0 rings (SSSR count). The molecule has 0 aliphatic rings. The average molecular weight is 328 g/mol. The summed E-state index contributed by atoms with van der Waals surface area (Å²) < 4.78 is 128. The summed E-state index contributed by atoms with van der Waals surface area (Å²) in [5.74, 6) is -5.66. The molecule has 1 atom stereocenters. The fraction of sp³-hybridized carbons (Fsp3) is 1.00. The molecule has 0 aromatic carbocycles. The number of ether oxygens (including phenoxy) is 1. The van der Waals surface area contributed by atoms with E-state index in [-0.39, 0.29) is 0 Å². The van der Waals surface area contributed by atoms with Gasteiger partial charge in [0, 0.05) is 0 Å². The van der Waals surface area contributed by atoms with Gasteiger partial charge in [-0.25, -0.2) is 0 Å². The van der Waals surface area contributed by atoms with Gasteiger partial charge in [-0.15, -0.1) is 0 Å². The zero-order valence-electron chi connectivity index (χ0n) is 8.26. The fourth-order valence-electron chi connectivity index (χ4n) is 0.593. The van der Waals surface area contributed by atoms with Crippen LogP contribution in [0.25, 0.3) is 0 Å². The normalized spacial score (nSPS) is 18.2. The van der Waals surface area contributed by atoms with Crippen molar-refractivity contribution >= 4 is 10.1 Å². The van der Waals surface area contributed by atoms with Crippen LogP contribution in [0.1, 0.15) is 0 Å². The van der Waals surface area contributed by atoms with Gasteiger partial charge < -0.3 is 5.11 Å². The van der Waals surface area contributed by atoms with Crippen LogP contribution in [0, 0.1) is 0 Å². The van der Waals surface area contributed by atoms with Gasteiger partial charge in [-0.05, 0) is 0 Å². The summed E-state index contributed by atoms with van der Waals surface area (Å²) in [4.78, 5) is 0. The summed E-state index contributed by atoms with van der Waals surface area (Å²) >= 11 is 0. The van der Waals surface area contributed by atoms with Crippen LogP contribution < -0.4 is 0 Å². The maximum absolute atomic E-state index is 12.8. The smallest absolute Gasteiger partial charge is 0.390 e. The lowest BCUT2D eigenvalue weighted by Crippen LogP contribution is -2.57. The molecule has 0 aliphatic carbocycles. The molecule has 0 heterocycles. The van der Waals surface area contributed by atoms with E-state index >= 15 is 0 Å². The molecule has 2 N–H and O–H groups in total. The van der Waals surface area contributed by atoms with Gasteiger partial charge in [0.1, 0.15) is 6.61 Å². The molecule has 0 fully saturated rings. The zero-order chi connectivity index (χ0) is 15.9. The highest BCUT2D eigenvalue weighted by Crippen LogP contribution is 2.46. The Labute approximate surface area is 99.1 Å². The van der Waals surface area contributed by atoms with E-state index in [1.54, 1.807) is 0 Å². The van der Waals surface area contributed by atoms with Crippen molar-refractivity contribution in [3.63, 3.8) is 0 Å². The summed E-state index contributed by atoms with van der Waals surface area (Å²) in [7, 11) is -6.91. The number of hydrogen-bond donors (Lipinski definition) is 2. The molecule has 0 radical (unpaired) electrons. The number of aliphatic hydroxyl groups is 1. The highest BCUT2D eigenvalue weighted by Gasteiger charge is 2.73. The fourth-order valence-corrected chi connectivity index (χ4v) is 0.934. The highest BCUT2D eigenvalue weighted by atomic mass is 32.2. The van der Waals surface area contributed by atoms with E-state index in [0.717, 1.165) is 0 Å². The van der Waals surface area contributed by atoms with E-state index in [1.165, 1.54) is 0 Å². The Balaban J connectivity index is 5.61. The van der Waals surface area contributed by atoms with Crippen molar-refractivity contribution in [2.45, 2.75) is 23.4 Å². The van der Waals surface area contributed by atoms with Crippen molar-refractivity contribution in [1.29, 1.82) is 0 Å². The number of hydrogen-bond acceptors (Lipinski definition) is 4. The van der Waals surface area contributed by atoms with E-state index in [1.807, 2.05) is 0 Å². The van der Waals surface area contributed by atoms with Gasteiger partial charge in [0.2, 0.25) is 0 Å². The number of alkyl halides is 8. The van der Waals surface area contributed by atoms with Gasteiger partial charge in [0.15, 0.2) is 0 Å². The van der Waals surface area contributed by atoms with Crippen molar-refractivity contribution in [3.05, 3.63) is 0 Å². The minimum Gasteiger partial charge on any atom is -0.390 e. The van der Waals surface area contributed by atoms with Crippen molar-refractivity contribution in [2.75, 3.05) is 6.61 Å². The number of halogens is 8. The third-order valence-corrected chi connectivity index (χ3v) is 2.47. The maximum atomic E-state index is 12.8. The largest absolute Gasteiger partial charge is 0.460 e. The predicted octanol–water partition coefficient (Wildman–Crippen LogP) is 1.30. The Kier molecular flexibility index (Phi) is 4.50. The molecule has 14 heteroatoms. The third kappa shape index (κ3) is 3.24. The summed E-state index contributed by atoms with van der Waals surface area (Å²) in [5, 5.41) is 1.37. The Morgan fingerprint density at radius 3 is 1.53 bits per heavy atom. The lowest BCUT2D eigenvalue weighted by atomic mass is 10.3. The van der Waals surface area contributed by atoms with Gasteiger partial charge in [-0.2, -0.15) is 43.5 Å². The van der Waals surface area contributed by atoms with Gasteiger partial charge in [-0.3, -0.25) is 9.29 Å². The van der Waals surface area contributed by atoms with Crippen LogP contribution in [0.15, 0.2) is 0 Å². The van der Waals surface area contributed by atoms with Crippen LogP contribution in [-0.4, -0.2) is 48.1 Å². The zero-order valence-corrected chi connectivity index (χ0v) is 9.07. The van der Waals surface area contributed by atoms with Gasteiger partial charge in [0.25, 0.3) is 0 Å². The number of aliphatic hydroxyl groups excluding tert-OH is 1. The second-order valence-electron chi connectivity index (χ2n) is 3.00. The van der Waals surface area contributed by atoms with Crippen molar-refractivity contribution in [2.24, 2.45) is 0 Å². The third-order valence-electron chi connectivity index (χ3n) is 1.58. The summed E-state index contributed by atoms with van der Waals surface area (Å²) in [6.45, 7) is -2.85. The van der Waals surface area contributed by atoms with Crippen molar-refractivity contribution in [3.8, 4) is 0 Å². The van der Waals surface area contributed by atoms with E-state index in [4.69, 9.17) is 9.66 Å². The summed E-state index contributed by atoms with van der Waals surface area (Å²) in [5.41, 5.74) is 0. The molecule has 0 bridgehead atoms. The Morgan fingerprint density at radius 1 is 0.947 bits per heavy atom. The molecule has 0 saturated heterocycles. The van der Waals surface area contributed by atoms with Gasteiger partial charge >= 0.3 is 33.5 Å². The first-order valence-electron chi connectivity index (χ1n) is 3.81. The van der Waals surface area contributed by atoms with E-state index in [2.05, 4.69) is 4.74 Å².